The first-order valence-electron chi connectivity index (χ1n) is 11.6. The SMILES string of the molecule is COCC(NC(=O)C1CC[C@H]2[C@@H]3CCC4NC(=O)C=C[C@]4(C)[C@@H]3CC[C@]12C)C(=O)OC. The average Bonchev–Trinajstić information content (AvgIpc) is 3.10. The summed E-state index contributed by atoms with van der Waals surface area (Å²) in [6, 6.07) is -0.558. The lowest BCUT2D eigenvalue weighted by Gasteiger charge is -2.58. The summed E-state index contributed by atoms with van der Waals surface area (Å²) in [5, 5.41) is 6.09. The number of carbonyl (C=O) groups excluding carboxylic acids is 3. The van der Waals surface area contributed by atoms with Gasteiger partial charge in [-0.3, -0.25) is 9.59 Å². The van der Waals surface area contributed by atoms with E-state index in [-0.39, 0.29) is 41.2 Å². The summed E-state index contributed by atoms with van der Waals surface area (Å²) in [6.45, 7) is 4.69. The van der Waals surface area contributed by atoms with Gasteiger partial charge in [-0.2, -0.15) is 0 Å². The average molecular weight is 433 g/mol. The molecule has 2 N–H and O–H groups in total. The molecule has 4 rings (SSSR count). The summed E-state index contributed by atoms with van der Waals surface area (Å²) < 4.78 is 9.94. The molecule has 7 heteroatoms. The Kier molecular flexibility index (Phi) is 5.92. The van der Waals surface area contributed by atoms with Crippen LogP contribution in [0.25, 0.3) is 0 Å². The first-order valence-corrected chi connectivity index (χ1v) is 11.6. The molecule has 3 saturated carbocycles. The molecule has 0 aromatic heterocycles. The highest BCUT2D eigenvalue weighted by Crippen LogP contribution is 2.65. The minimum absolute atomic E-state index is 0.00700. The summed E-state index contributed by atoms with van der Waals surface area (Å²) >= 11 is 0. The molecule has 0 aromatic rings. The van der Waals surface area contributed by atoms with Crippen molar-refractivity contribution in [3.8, 4) is 0 Å². The summed E-state index contributed by atoms with van der Waals surface area (Å²) in [5.41, 5.74) is -0.0727. The first-order chi connectivity index (χ1) is 14.7. The molecule has 172 valence electrons. The van der Waals surface area contributed by atoms with Crippen LogP contribution in [0.3, 0.4) is 0 Å². The fourth-order valence-electron chi connectivity index (χ4n) is 7.51. The van der Waals surface area contributed by atoms with Gasteiger partial charge in [-0.25, -0.2) is 4.79 Å². The molecule has 31 heavy (non-hydrogen) atoms. The number of methoxy groups -OCH3 is 2. The van der Waals surface area contributed by atoms with E-state index in [1.54, 1.807) is 6.08 Å². The highest BCUT2D eigenvalue weighted by atomic mass is 16.5. The number of ether oxygens (including phenoxy) is 2. The Labute approximate surface area is 184 Å². The second kappa shape index (κ2) is 8.23. The Morgan fingerprint density at radius 2 is 1.94 bits per heavy atom. The predicted octanol–water partition coefficient (Wildman–Crippen LogP) is 2.20. The Balaban J connectivity index is 1.52. The summed E-state index contributed by atoms with van der Waals surface area (Å²) in [7, 11) is 2.83. The Hall–Kier alpha value is -1.89. The minimum Gasteiger partial charge on any atom is -0.467 e. The highest BCUT2D eigenvalue weighted by Gasteiger charge is 2.61. The summed E-state index contributed by atoms with van der Waals surface area (Å²) in [4.78, 5) is 37.2. The van der Waals surface area contributed by atoms with Crippen LogP contribution in [0.5, 0.6) is 0 Å². The van der Waals surface area contributed by atoms with Crippen molar-refractivity contribution in [1.29, 1.82) is 0 Å². The zero-order valence-corrected chi connectivity index (χ0v) is 19.1. The van der Waals surface area contributed by atoms with Gasteiger partial charge in [-0.05, 0) is 67.8 Å². The van der Waals surface area contributed by atoms with Crippen LogP contribution in [-0.4, -0.2) is 50.7 Å². The third kappa shape index (κ3) is 3.59. The van der Waals surface area contributed by atoms with Gasteiger partial charge in [0.15, 0.2) is 6.04 Å². The fraction of sp³-hybridized carbons (Fsp3) is 0.792. The number of fused-ring (bicyclic) bond motifs is 5. The number of hydrogen-bond donors (Lipinski definition) is 2. The van der Waals surface area contributed by atoms with Crippen LogP contribution in [0.4, 0.5) is 0 Å². The topological polar surface area (TPSA) is 93.7 Å². The molecule has 1 aliphatic heterocycles. The van der Waals surface area contributed by atoms with Crippen LogP contribution in [0, 0.1) is 34.5 Å². The van der Waals surface area contributed by atoms with Gasteiger partial charge in [-0.1, -0.05) is 19.9 Å². The van der Waals surface area contributed by atoms with Gasteiger partial charge in [0, 0.05) is 24.5 Å². The minimum atomic E-state index is -0.771. The fourth-order valence-corrected chi connectivity index (χ4v) is 7.51. The van der Waals surface area contributed by atoms with Gasteiger partial charge in [-0.15, -0.1) is 0 Å². The molecule has 0 spiro atoms. The van der Waals surface area contributed by atoms with Gasteiger partial charge < -0.3 is 20.1 Å². The molecular weight excluding hydrogens is 396 g/mol. The van der Waals surface area contributed by atoms with Crippen molar-refractivity contribution >= 4 is 17.8 Å². The Morgan fingerprint density at radius 1 is 1.16 bits per heavy atom. The molecular formula is C24H36N2O5. The molecule has 3 unspecified atom stereocenters. The lowest BCUT2D eigenvalue weighted by molar-refractivity contribution is -0.148. The molecule has 0 bridgehead atoms. The van der Waals surface area contributed by atoms with E-state index in [4.69, 9.17) is 9.47 Å². The third-order valence-corrected chi connectivity index (χ3v) is 9.14. The molecule has 0 aromatic carbocycles. The van der Waals surface area contributed by atoms with E-state index < -0.39 is 12.0 Å². The third-order valence-electron chi connectivity index (χ3n) is 9.14. The van der Waals surface area contributed by atoms with Crippen LogP contribution >= 0.6 is 0 Å². The van der Waals surface area contributed by atoms with E-state index in [1.165, 1.54) is 14.2 Å². The van der Waals surface area contributed by atoms with Crippen molar-refractivity contribution in [1.82, 2.24) is 10.6 Å². The van der Waals surface area contributed by atoms with Crippen molar-refractivity contribution in [2.75, 3.05) is 20.8 Å². The maximum Gasteiger partial charge on any atom is 0.330 e. The van der Waals surface area contributed by atoms with Gasteiger partial charge in [0.2, 0.25) is 11.8 Å². The predicted molar refractivity (Wildman–Crippen MR) is 115 cm³/mol. The van der Waals surface area contributed by atoms with E-state index in [2.05, 4.69) is 30.6 Å². The van der Waals surface area contributed by atoms with E-state index in [1.807, 2.05) is 0 Å². The molecule has 3 aliphatic carbocycles. The van der Waals surface area contributed by atoms with Crippen molar-refractivity contribution in [3.05, 3.63) is 12.2 Å². The van der Waals surface area contributed by atoms with Crippen molar-refractivity contribution in [2.45, 2.75) is 64.5 Å². The lowest BCUT2D eigenvalue weighted by Crippen LogP contribution is -2.59. The molecule has 3 fully saturated rings. The van der Waals surface area contributed by atoms with Gasteiger partial charge in [0.1, 0.15) is 0 Å². The van der Waals surface area contributed by atoms with E-state index in [0.29, 0.717) is 17.8 Å². The molecule has 1 heterocycles. The largest absolute Gasteiger partial charge is 0.467 e. The molecule has 7 nitrogen and oxygen atoms in total. The molecule has 8 atom stereocenters. The number of carbonyl (C=O) groups is 3. The smallest absolute Gasteiger partial charge is 0.330 e. The molecule has 2 amide bonds. The lowest BCUT2D eigenvalue weighted by atomic mass is 9.48. The van der Waals surface area contributed by atoms with E-state index in [0.717, 1.165) is 38.5 Å². The van der Waals surface area contributed by atoms with Gasteiger partial charge >= 0.3 is 5.97 Å². The van der Waals surface area contributed by atoms with E-state index >= 15 is 0 Å². The normalized spacial score (nSPS) is 41.9. The van der Waals surface area contributed by atoms with Crippen molar-refractivity contribution in [2.24, 2.45) is 34.5 Å². The molecule has 4 aliphatic rings. The van der Waals surface area contributed by atoms with Crippen LogP contribution in [0.2, 0.25) is 0 Å². The first kappa shape index (κ1) is 22.3. The quantitative estimate of drug-likeness (QED) is 0.650. The maximum atomic E-state index is 13.3. The van der Waals surface area contributed by atoms with Crippen molar-refractivity contribution in [3.63, 3.8) is 0 Å². The summed E-state index contributed by atoms with van der Waals surface area (Å²) in [6.07, 6.45) is 9.91. The molecule has 0 saturated heterocycles. The highest BCUT2D eigenvalue weighted by molar-refractivity contribution is 5.89. The zero-order valence-electron chi connectivity index (χ0n) is 19.1. The Morgan fingerprint density at radius 3 is 2.65 bits per heavy atom. The van der Waals surface area contributed by atoms with Gasteiger partial charge in [0.05, 0.1) is 13.7 Å². The summed E-state index contributed by atoms with van der Waals surface area (Å²) in [5.74, 6) is 0.971. The zero-order chi connectivity index (χ0) is 22.4. The van der Waals surface area contributed by atoms with Crippen LogP contribution < -0.4 is 10.6 Å². The number of amides is 2. The molecule has 0 radical (unpaired) electrons. The standard InChI is InChI=1S/C24H36N2O5/c1-23-11-9-16-14(5-8-19-24(16,2)12-10-20(27)26-19)15(23)6-7-17(23)21(28)25-18(13-30-3)22(29)31-4/h10,12,14-19H,5-9,11,13H2,1-4H3,(H,25,28)(H,26,27)/t14-,15-,16+,17?,18?,19?,23-,24+/m0/s1. The monoisotopic (exact) mass is 432 g/mol. The van der Waals surface area contributed by atoms with Crippen LogP contribution in [-0.2, 0) is 23.9 Å². The second-order valence-electron chi connectivity index (χ2n) is 10.4. The number of esters is 1. The van der Waals surface area contributed by atoms with Crippen LogP contribution in [0.1, 0.15) is 52.4 Å². The number of nitrogens with one attached hydrogen (secondary N) is 2. The van der Waals surface area contributed by atoms with Gasteiger partial charge in [0.25, 0.3) is 0 Å². The Bertz CT molecular complexity index is 782. The number of rotatable bonds is 5. The van der Waals surface area contributed by atoms with Crippen LogP contribution in [0.15, 0.2) is 12.2 Å². The van der Waals surface area contributed by atoms with Crippen molar-refractivity contribution < 1.29 is 23.9 Å². The number of hydrogen-bond acceptors (Lipinski definition) is 5. The van der Waals surface area contributed by atoms with E-state index in [9.17, 15) is 14.4 Å². The maximum absolute atomic E-state index is 13.3. The second-order valence-corrected chi connectivity index (χ2v) is 10.4.